The molecule has 0 N–H and O–H groups in total. The molecular weight excluding hydrogens is 204 g/mol. The van der Waals surface area contributed by atoms with Gasteiger partial charge in [0.1, 0.15) is 0 Å². The Balaban J connectivity index is 0.000000686. The van der Waals surface area contributed by atoms with Crippen LogP contribution in [0.5, 0.6) is 0 Å². The van der Waals surface area contributed by atoms with E-state index in [4.69, 9.17) is 0 Å². The second kappa shape index (κ2) is 6.70. The van der Waals surface area contributed by atoms with Gasteiger partial charge < -0.3 is 0 Å². The van der Waals surface area contributed by atoms with E-state index >= 15 is 0 Å². The monoisotopic (exact) mass is 224 g/mol. The highest BCUT2D eigenvalue weighted by molar-refractivity contribution is 5.35. The molecule has 0 atom stereocenters. The van der Waals surface area contributed by atoms with Crippen molar-refractivity contribution in [2.45, 2.75) is 20.3 Å². The molecule has 2 rings (SSSR count). The number of hydrogen-bond acceptors (Lipinski definition) is 0. The van der Waals surface area contributed by atoms with Crippen LogP contribution in [0.3, 0.4) is 0 Å². The fraction of sp³-hybridized carbons (Fsp3) is 0.176. The zero-order chi connectivity index (χ0) is 12.7. The summed E-state index contributed by atoms with van der Waals surface area (Å²) in [7, 11) is 0. The molecule has 0 aliphatic rings. The van der Waals surface area contributed by atoms with Crippen LogP contribution >= 0.6 is 0 Å². The summed E-state index contributed by atoms with van der Waals surface area (Å²) in [5.74, 6) is 0. The van der Waals surface area contributed by atoms with Gasteiger partial charge in [-0.25, -0.2) is 0 Å². The zero-order valence-electron chi connectivity index (χ0n) is 10.7. The van der Waals surface area contributed by atoms with E-state index in [1.54, 1.807) is 0 Å². The highest BCUT2D eigenvalue weighted by atomic mass is 14.1. The van der Waals surface area contributed by atoms with E-state index in [1.807, 2.05) is 0 Å². The molecule has 0 nitrogen and oxygen atoms in total. The molecule has 0 heteroatoms. The maximum atomic E-state index is 3.00. The third-order valence-electron chi connectivity index (χ3n) is 2.90. The highest BCUT2D eigenvalue weighted by Gasteiger charge is 2.01. The first-order valence-corrected chi connectivity index (χ1v) is 5.86. The number of rotatable bonds is 2. The molecule has 0 saturated heterocycles. The first-order valence-electron chi connectivity index (χ1n) is 5.86. The van der Waals surface area contributed by atoms with Gasteiger partial charge in [-0.3, -0.25) is 0 Å². The summed E-state index contributed by atoms with van der Waals surface area (Å²) in [6.45, 7) is 10.3. The number of benzene rings is 2. The Morgan fingerprint density at radius 1 is 0.706 bits per heavy atom. The minimum Gasteiger partial charge on any atom is -0.106 e. The SMILES string of the molecule is C=C.Cc1ccccc1Cc1ccccc1C. The normalized spacial score (nSPS) is 9.29. The van der Waals surface area contributed by atoms with E-state index in [-0.39, 0.29) is 0 Å². The lowest BCUT2D eigenvalue weighted by atomic mass is 9.98. The molecule has 0 aliphatic heterocycles. The largest absolute Gasteiger partial charge is 0.106 e. The summed E-state index contributed by atoms with van der Waals surface area (Å²) in [6.07, 6.45) is 1.04. The van der Waals surface area contributed by atoms with Crippen molar-refractivity contribution >= 4 is 0 Å². The van der Waals surface area contributed by atoms with Crippen molar-refractivity contribution in [1.29, 1.82) is 0 Å². The average Bonchev–Trinajstić information content (AvgIpc) is 2.37. The Kier molecular flexibility index (Phi) is 5.22. The van der Waals surface area contributed by atoms with Crippen LogP contribution in [0.2, 0.25) is 0 Å². The van der Waals surface area contributed by atoms with Crippen molar-refractivity contribution in [1.82, 2.24) is 0 Å². The van der Waals surface area contributed by atoms with E-state index in [1.165, 1.54) is 22.3 Å². The average molecular weight is 224 g/mol. The van der Waals surface area contributed by atoms with Crippen molar-refractivity contribution in [2.24, 2.45) is 0 Å². The smallest absolute Gasteiger partial charge is 0.00205 e. The molecule has 0 aromatic heterocycles. The van der Waals surface area contributed by atoms with Gasteiger partial charge in [0, 0.05) is 0 Å². The van der Waals surface area contributed by atoms with Gasteiger partial charge in [-0.2, -0.15) is 0 Å². The van der Waals surface area contributed by atoms with Gasteiger partial charge in [0.15, 0.2) is 0 Å². The van der Waals surface area contributed by atoms with Crippen LogP contribution in [0.4, 0.5) is 0 Å². The lowest BCUT2D eigenvalue weighted by Gasteiger charge is -2.07. The molecule has 0 fully saturated rings. The molecular formula is C17H20. The molecule has 0 aliphatic carbocycles. The lowest BCUT2D eigenvalue weighted by molar-refractivity contribution is 1.13. The van der Waals surface area contributed by atoms with Crippen LogP contribution in [0, 0.1) is 13.8 Å². The first-order chi connectivity index (χ1) is 8.27. The zero-order valence-corrected chi connectivity index (χ0v) is 10.7. The van der Waals surface area contributed by atoms with Gasteiger partial charge in [-0.15, -0.1) is 13.2 Å². The highest BCUT2D eigenvalue weighted by Crippen LogP contribution is 2.16. The van der Waals surface area contributed by atoms with Crippen LogP contribution in [0.15, 0.2) is 61.7 Å². The fourth-order valence-electron chi connectivity index (χ4n) is 1.82. The first kappa shape index (κ1) is 13.2. The Hall–Kier alpha value is -1.82. The molecule has 2 aromatic carbocycles. The summed E-state index contributed by atoms with van der Waals surface area (Å²) in [6, 6.07) is 17.2. The molecule has 0 heterocycles. The van der Waals surface area contributed by atoms with Crippen molar-refractivity contribution in [3.05, 3.63) is 83.9 Å². The van der Waals surface area contributed by atoms with Crippen LogP contribution < -0.4 is 0 Å². The molecule has 17 heavy (non-hydrogen) atoms. The van der Waals surface area contributed by atoms with E-state index < -0.39 is 0 Å². The maximum Gasteiger partial charge on any atom is -0.00205 e. The summed E-state index contributed by atoms with van der Waals surface area (Å²) in [5.41, 5.74) is 5.60. The molecule has 0 saturated carbocycles. The van der Waals surface area contributed by atoms with Gasteiger partial charge in [0.05, 0.1) is 0 Å². The quantitative estimate of drug-likeness (QED) is 0.649. The standard InChI is InChI=1S/C15H16.C2H4/c1-12-7-3-5-9-14(12)11-15-10-6-4-8-13(15)2;1-2/h3-10H,11H2,1-2H3;1-2H2. The molecule has 0 bridgehead atoms. The predicted octanol–water partition coefficient (Wildman–Crippen LogP) is 4.70. The van der Waals surface area contributed by atoms with E-state index in [2.05, 4.69) is 75.5 Å². The van der Waals surface area contributed by atoms with Gasteiger partial charge in [-0.1, -0.05) is 48.5 Å². The Bertz CT molecular complexity index is 425. The second-order valence-corrected chi connectivity index (χ2v) is 4.03. The van der Waals surface area contributed by atoms with Crippen molar-refractivity contribution in [3.8, 4) is 0 Å². The summed E-state index contributed by atoms with van der Waals surface area (Å²) in [4.78, 5) is 0. The molecule has 2 aromatic rings. The second-order valence-electron chi connectivity index (χ2n) is 4.03. The minimum atomic E-state index is 1.04. The molecule has 88 valence electrons. The molecule has 0 spiro atoms. The van der Waals surface area contributed by atoms with Gasteiger partial charge in [0.2, 0.25) is 0 Å². The van der Waals surface area contributed by atoms with Gasteiger partial charge in [-0.05, 0) is 42.5 Å². The van der Waals surface area contributed by atoms with Crippen molar-refractivity contribution in [2.75, 3.05) is 0 Å². The summed E-state index contributed by atoms with van der Waals surface area (Å²) in [5, 5.41) is 0. The van der Waals surface area contributed by atoms with E-state index in [0.717, 1.165) is 6.42 Å². The van der Waals surface area contributed by atoms with Crippen LogP contribution in [0.1, 0.15) is 22.3 Å². The predicted molar refractivity (Wildman–Crippen MR) is 76.4 cm³/mol. The number of hydrogen-bond donors (Lipinski definition) is 0. The van der Waals surface area contributed by atoms with Crippen LogP contribution in [-0.2, 0) is 6.42 Å². The van der Waals surface area contributed by atoms with Crippen molar-refractivity contribution < 1.29 is 0 Å². The van der Waals surface area contributed by atoms with Gasteiger partial charge >= 0.3 is 0 Å². The third-order valence-corrected chi connectivity index (χ3v) is 2.90. The Labute approximate surface area is 105 Å². The topological polar surface area (TPSA) is 0 Å². The van der Waals surface area contributed by atoms with Crippen LogP contribution in [-0.4, -0.2) is 0 Å². The minimum absolute atomic E-state index is 1.04. The maximum absolute atomic E-state index is 3.00. The van der Waals surface area contributed by atoms with Crippen molar-refractivity contribution in [3.63, 3.8) is 0 Å². The molecule has 0 amide bonds. The van der Waals surface area contributed by atoms with E-state index in [9.17, 15) is 0 Å². The number of aryl methyl sites for hydroxylation is 2. The fourth-order valence-corrected chi connectivity index (χ4v) is 1.82. The Morgan fingerprint density at radius 3 is 1.41 bits per heavy atom. The summed E-state index contributed by atoms with van der Waals surface area (Å²) >= 11 is 0. The van der Waals surface area contributed by atoms with E-state index in [0.29, 0.717) is 0 Å². The Morgan fingerprint density at radius 2 is 1.06 bits per heavy atom. The third kappa shape index (κ3) is 3.60. The van der Waals surface area contributed by atoms with Gasteiger partial charge in [0.25, 0.3) is 0 Å². The van der Waals surface area contributed by atoms with Crippen LogP contribution in [0.25, 0.3) is 0 Å². The summed E-state index contributed by atoms with van der Waals surface area (Å²) < 4.78 is 0. The lowest BCUT2D eigenvalue weighted by Crippen LogP contribution is -1.93. The molecule has 0 unspecified atom stereocenters. The molecule has 0 radical (unpaired) electrons.